The third-order valence-electron chi connectivity index (χ3n) is 2.31. The van der Waals surface area contributed by atoms with E-state index in [0.717, 1.165) is 11.4 Å². The van der Waals surface area contributed by atoms with Gasteiger partial charge in [0.1, 0.15) is 5.69 Å². The molecule has 0 unspecified atom stereocenters. The molecular formula is C10H15N5O. The predicted octanol–water partition coefficient (Wildman–Crippen LogP) is 1.62. The Morgan fingerprint density at radius 2 is 2.25 bits per heavy atom. The van der Waals surface area contributed by atoms with E-state index < -0.39 is 0 Å². The fourth-order valence-electron chi connectivity index (χ4n) is 1.44. The predicted molar refractivity (Wildman–Crippen MR) is 60.4 cm³/mol. The lowest BCUT2D eigenvalue weighted by molar-refractivity contribution is 0.404. The number of ether oxygens (including phenoxy) is 1. The highest BCUT2D eigenvalue weighted by Crippen LogP contribution is 2.28. The molecule has 0 atom stereocenters. The summed E-state index contributed by atoms with van der Waals surface area (Å²) >= 11 is 0. The third-order valence-corrected chi connectivity index (χ3v) is 2.31. The zero-order valence-electron chi connectivity index (χ0n) is 9.61. The fourth-order valence-corrected chi connectivity index (χ4v) is 1.44. The summed E-state index contributed by atoms with van der Waals surface area (Å²) in [5.74, 6) is 1.05. The van der Waals surface area contributed by atoms with Crippen LogP contribution in [0.1, 0.15) is 18.3 Å². The number of H-pyrrole nitrogens is 1. The fraction of sp³-hybridized carbons (Fsp3) is 0.400. The van der Waals surface area contributed by atoms with E-state index in [9.17, 15) is 0 Å². The molecule has 0 aliphatic heterocycles. The maximum atomic E-state index is 5.89. The lowest BCUT2D eigenvalue weighted by Crippen LogP contribution is -2.00. The molecule has 0 radical (unpaired) electrons. The van der Waals surface area contributed by atoms with Gasteiger partial charge in [-0.1, -0.05) is 0 Å². The minimum Gasteiger partial charge on any atom is -0.417 e. The summed E-state index contributed by atoms with van der Waals surface area (Å²) in [5, 5.41) is 11.1. The number of anilines is 1. The number of nitrogens with zero attached hydrogens (tertiary/aromatic N) is 3. The molecule has 6 nitrogen and oxygen atoms in total. The van der Waals surface area contributed by atoms with E-state index in [0.29, 0.717) is 24.0 Å². The van der Waals surface area contributed by atoms with Gasteiger partial charge in [-0.3, -0.25) is 5.10 Å². The lowest BCUT2D eigenvalue weighted by Gasteiger charge is -2.04. The number of nitrogen functional groups attached to an aromatic ring is 1. The van der Waals surface area contributed by atoms with Crippen molar-refractivity contribution in [2.24, 2.45) is 0 Å². The third kappa shape index (κ3) is 1.73. The summed E-state index contributed by atoms with van der Waals surface area (Å²) in [7, 11) is 0. The van der Waals surface area contributed by atoms with Gasteiger partial charge in [0, 0.05) is 18.3 Å². The van der Waals surface area contributed by atoms with Gasteiger partial charge < -0.3 is 10.5 Å². The van der Waals surface area contributed by atoms with Crippen molar-refractivity contribution in [1.29, 1.82) is 0 Å². The van der Waals surface area contributed by atoms with Crippen molar-refractivity contribution in [1.82, 2.24) is 20.0 Å². The number of rotatable bonds is 3. The number of aromatic amines is 1. The monoisotopic (exact) mass is 221 g/mol. The standard InChI is InChI=1S/C10H15N5O/c1-4-15-10(9(11)7(3)14-15)16-8-5-6(2)12-13-8/h5H,4,11H2,1-3H3,(H,12,13). The molecule has 0 saturated heterocycles. The van der Waals surface area contributed by atoms with Crippen LogP contribution in [-0.4, -0.2) is 20.0 Å². The molecule has 0 spiro atoms. The Labute approximate surface area is 93.4 Å². The molecule has 16 heavy (non-hydrogen) atoms. The summed E-state index contributed by atoms with van der Waals surface area (Å²) in [6.45, 7) is 6.45. The van der Waals surface area contributed by atoms with E-state index >= 15 is 0 Å². The maximum Gasteiger partial charge on any atom is 0.243 e. The Kier molecular flexibility index (Phi) is 2.55. The highest BCUT2D eigenvalue weighted by molar-refractivity contribution is 5.53. The van der Waals surface area contributed by atoms with Crippen molar-refractivity contribution in [3.05, 3.63) is 17.5 Å². The molecule has 86 valence electrons. The van der Waals surface area contributed by atoms with E-state index in [1.807, 2.05) is 26.8 Å². The van der Waals surface area contributed by atoms with Gasteiger partial charge in [-0.2, -0.15) is 5.10 Å². The second kappa shape index (κ2) is 3.88. The summed E-state index contributed by atoms with van der Waals surface area (Å²) in [5.41, 5.74) is 8.15. The molecule has 0 aliphatic carbocycles. The minimum atomic E-state index is 0.499. The first-order chi connectivity index (χ1) is 7.61. The van der Waals surface area contributed by atoms with Gasteiger partial charge >= 0.3 is 0 Å². The number of aryl methyl sites for hydroxylation is 3. The number of hydrogen-bond donors (Lipinski definition) is 2. The molecule has 2 aromatic heterocycles. The quantitative estimate of drug-likeness (QED) is 0.825. The van der Waals surface area contributed by atoms with Crippen molar-refractivity contribution in [3.8, 4) is 11.8 Å². The molecule has 0 aliphatic rings. The van der Waals surface area contributed by atoms with Crippen LogP contribution < -0.4 is 10.5 Å². The largest absolute Gasteiger partial charge is 0.417 e. The zero-order valence-corrected chi connectivity index (χ0v) is 9.61. The normalized spacial score (nSPS) is 10.7. The first kappa shape index (κ1) is 10.5. The molecule has 0 bridgehead atoms. The van der Waals surface area contributed by atoms with Crippen LogP contribution in [0.15, 0.2) is 6.07 Å². The topological polar surface area (TPSA) is 81.8 Å². The van der Waals surface area contributed by atoms with Crippen LogP contribution in [0.4, 0.5) is 5.69 Å². The van der Waals surface area contributed by atoms with Crippen molar-refractivity contribution < 1.29 is 4.74 Å². The molecule has 0 amide bonds. The number of nitrogens with one attached hydrogen (secondary N) is 1. The molecule has 0 fully saturated rings. The first-order valence-corrected chi connectivity index (χ1v) is 5.14. The Morgan fingerprint density at radius 3 is 2.81 bits per heavy atom. The average Bonchev–Trinajstić information content (AvgIpc) is 2.77. The van der Waals surface area contributed by atoms with Crippen LogP contribution in [0, 0.1) is 13.8 Å². The Morgan fingerprint density at radius 1 is 1.50 bits per heavy atom. The van der Waals surface area contributed by atoms with Crippen molar-refractivity contribution in [2.75, 3.05) is 5.73 Å². The Bertz CT molecular complexity index is 499. The second-order valence-corrected chi connectivity index (χ2v) is 3.61. The summed E-state index contributed by atoms with van der Waals surface area (Å²) < 4.78 is 7.32. The molecule has 0 saturated carbocycles. The summed E-state index contributed by atoms with van der Waals surface area (Å²) in [6, 6.07) is 1.81. The van der Waals surface area contributed by atoms with Crippen LogP contribution in [0.2, 0.25) is 0 Å². The van der Waals surface area contributed by atoms with Gasteiger partial charge in [0.2, 0.25) is 11.8 Å². The Hall–Kier alpha value is -1.98. The molecular weight excluding hydrogens is 206 g/mol. The van der Waals surface area contributed by atoms with E-state index in [2.05, 4.69) is 15.3 Å². The van der Waals surface area contributed by atoms with E-state index in [1.54, 1.807) is 4.68 Å². The lowest BCUT2D eigenvalue weighted by atomic mass is 10.4. The van der Waals surface area contributed by atoms with Gasteiger partial charge in [0.25, 0.3) is 0 Å². The molecule has 2 aromatic rings. The van der Waals surface area contributed by atoms with Crippen LogP contribution in [0.3, 0.4) is 0 Å². The molecule has 2 rings (SSSR count). The number of hydrogen-bond acceptors (Lipinski definition) is 4. The Balaban J connectivity index is 2.33. The zero-order chi connectivity index (χ0) is 11.7. The average molecular weight is 221 g/mol. The van der Waals surface area contributed by atoms with Crippen LogP contribution >= 0.6 is 0 Å². The van der Waals surface area contributed by atoms with Gasteiger partial charge in [-0.05, 0) is 20.8 Å². The number of nitrogens with two attached hydrogens (primary N) is 1. The van der Waals surface area contributed by atoms with Crippen molar-refractivity contribution in [2.45, 2.75) is 27.3 Å². The molecule has 0 aromatic carbocycles. The SMILES string of the molecule is CCn1nc(C)c(N)c1Oc1cc(C)[nH]n1. The van der Waals surface area contributed by atoms with E-state index in [-0.39, 0.29) is 0 Å². The second-order valence-electron chi connectivity index (χ2n) is 3.61. The maximum absolute atomic E-state index is 5.89. The molecule has 6 heteroatoms. The minimum absolute atomic E-state index is 0.499. The van der Waals surface area contributed by atoms with E-state index in [4.69, 9.17) is 10.5 Å². The van der Waals surface area contributed by atoms with Gasteiger partial charge in [-0.25, -0.2) is 4.68 Å². The summed E-state index contributed by atoms with van der Waals surface area (Å²) in [6.07, 6.45) is 0. The van der Waals surface area contributed by atoms with Gasteiger partial charge in [0.15, 0.2) is 0 Å². The van der Waals surface area contributed by atoms with Crippen molar-refractivity contribution in [3.63, 3.8) is 0 Å². The molecule has 2 heterocycles. The van der Waals surface area contributed by atoms with E-state index in [1.165, 1.54) is 0 Å². The van der Waals surface area contributed by atoms with Gasteiger partial charge in [0.05, 0.1) is 5.69 Å². The van der Waals surface area contributed by atoms with Crippen LogP contribution in [0.5, 0.6) is 11.8 Å². The van der Waals surface area contributed by atoms with Gasteiger partial charge in [-0.15, -0.1) is 5.10 Å². The van der Waals surface area contributed by atoms with Crippen molar-refractivity contribution >= 4 is 5.69 Å². The van der Waals surface area contributed by atoms with Crippen LogP contribution in [0.25, 0.3) is 0 Å². The highest BCUT2D eigenvalue weighted by Gasteiger charge is 2.14. The van der Waals surface area contributed by atoms with Crippen LogP contribution in [-0.2, 0) is 6.54 Å². The summed E-state index contributed by atoms with van der Waals surface area (Å²) in [4.78, 5) is 0. The molecule has 3 N–H and O–H groups in total. The first-order valence-electron chi connectivity index (χ1n) is 5.14. The highest BCUT2D eigenvalue weighted by atomic mass is 16.5. The smallest absolute Gasteiger partial charge is 0.243 e. The number of aromatic nitrogens is 4.